The number of halogens is 2. The van der Waals surface area contributed by atoms with Gasteiger partial charge in [-0.2, -0.15) is 5.10 Å². The van der Waals surface area contributed by atoms with Crippen molar-refractivity contribution in [2.24, 2.45) is 5.10 Å². The van der Waals surface area contributed by atoms with E-state index in [9.17, 15) is 18.0 Å². The molecular formula is C28H21BrClN3O5S. The first-order valence-electron chi connectivity index (χ1n) is 11.4. The predicted molar refractivity (Wildman–Crippen MR) is 154 cm³/mol. The molecule has 198 valence electrons. The third-order valence-corrected chi connectivity index (χ3v) is 7.57. The van der Waals surface area contributed by atoms with E-state index < -0.39 is 21.9 Å². The van der Waals surface area contributed by atoms with Gasteiger partial charge in [0.25, 0.3) is 15.9 Å². The van der Waals surface area contributed by atoms with Gasteiger partial charge in [0.05, 0.1) is 16.7 Å². The molecular weight excluding hydrogens is 606 g/mol. The minimum absolute atomic E-state index is 0.0551. The van der Waals surface area contributed by atoms with Crippen molar-refractivity contribution >= 4 is 61.3 Å². The van der Waals surface area contributed by atoms with Crippen molar-refractivity contribution in [1.82, 2.24) is 5.43 Å². The van der Waals surface area contributed by atoms with Gasteiger partial charge in [0.2, 0.25) is 0 Å². The second kappa shape index (κ2) is 12.2. The molecule has 0 aromatic heterocycles. The quantitative estimate of drug-likeness (QED) is 0.105. The summed E-state index contributed by atoms with van der Waals surface area (Å²) in [6, 6.07) is 23.7. The standard InChI is InChI=1S/C28H21BrClN3O5S/c1-18-4-2-3-5-25(18)28(35)38-26-15-8-21(29)16-20(26)17-31-32-27(34)19-6-11-23(12-7-19)33-39(36,37)24-13-9-22(30)10-14-24/h2-17,33H,1H3,(H,32,34)/b31-17+. The highest BCUT2D eigenvalue weighted by Gasteiger charge is 2.15. The Balaban J connectivity index is 1.41. The van der Waals surface area contributed by atoms with Crippen molar-refractivity contribution in [3.63, 3.8) is 0 Å². The number of sulfonamides is 1. The Kier molecular flexibility index (Phi) is 8.80. The summed E-state index contributed by atoms with van der Waals surface area (Å²) < 4.78 is 33.8. The lowest BCUT2D eigenvalue weighted by molar-refractivity contribution is 0.0733. The zero-order valence-corrected chi connectivity index (χ0v) is 23.5. The number of esters is 1. The molecule has 1 amide bonds. The van der Waals surface area contributed by atoms with Crippen molar-refractivity contribution in [3.05, 3.63) is 123 Å². The number of carbonyl (C=O) groups excluding carboxylic acids is 2. The Morgan fingerprint density at radius 2 is 1.64 bits per heavy atom. The van der Waals surface area contributed by atoms with Crippen LogP contribution in [0.2, 0.25) is 5.02 Å². The monoisotopic (exact) mass is 625 g/mol. The predicted octanol–water partition coefficient (Wildman–Crippen LogP) is 6.19. The molecule has 8 nitrogen and oxygen atoms in total. The maximum absolute atomic E-state index is 12.7. The second-order valence-corrected chi connectivity index (χ2v) is 11.3. The topological polar surface area (TPSA) is 114 Å². The summed E-state index contributed by atoms with van der Waals surface area (Å²) in [7, 11) is -3.82. The van der Waals surface area contributed by atoms with Crippen molar-refractivity contribution in [2.75, 3.05) is 4.72 Å². The van der Waals surface area contributed by atoms with Crippen LogP contribution in [0, 0.1) is 6.92 Å². The van der Waals surface area contributed by atoms with Crippen LogP contribution in [0.1, 0.15) is 31.8 Å². The summed E-state index contributed by atoms with van der Waals surface area (Å²) in [5.41, 5.74) is 4.62. The van der Waals surface area contributed by atoms with Crippen molar-refractivity contribution in [1.29, 1.82) is 0 Å². The number of nitrogens with zero attached hydrogens (tertiary/aromatic N) is 1. The summed E-state index contributed by atoms with van der Waals surface area (Å²) in [5.74, 6) is -0.769. The van der Waals surface area contributed by atoms with E-state index in [0.29, 0.717) is 16.1 Å². The molecule has 2 N–H and O–H groups in total. The normalized spacial score (nSPS) is 11.3. The van der Waals surface area contributed by atoms with Gasteiger partial charge in [0, 0.05) is 26.3 Å². The molecule has 0 aliphatic heterocycles. The first kappa shape index (κ1) is 28.0. The van der Waals surface area contributed by atoms with Crippen molar-refractivity contribution < 1.29 is 22.7 Å². The Bertz CT molecular complexity index is 1660. The average Bonchev–Trinajstić information content (AvgIpc) is 2.90. The number of nitrogens with one attached hydrogen (secondary N) is 2. The molecule has 4 aromatic rings. The number of carbonyl (C=O) groups is 2. The lowest BCUT2D eigenvalue weighted by atomic mass is 10.1. The first-order chi connectivity index (χ1) is 18.6. The molecule has 0 bridgehead atoms. The molecule has 4 aromatic carbocycles. The number of benzene rings is 4. The number of anilines is 1. The maximum atomic E-state index is 12.7. The fraction of sp³-hybridized carbons (Fsp3) is 0.0357. The number of ether oxygens (including phenoxy) is 1. The fourth-order valence-electron chi connectivity index (χ4n) is 3.41. The van der Waals surface area contributed by atoms with Gasteiger partial charge < -0.3 is 4.74 Å². The van der Waals surface area contributed by atoms with Crippen LogP contribution in [-0.4, -0.2) is 26.5 Å². The minimum Gasteiger partial charge on any atom is -0.422 e. The number of amides is 1. The molecule has 0 fully saturated rings. The van der Waals surface area contributed by atoms with Gasteiger partial charge in [-0.3, -0.25) is 9.52 Å². The molecule has 39 heavy (non-hydrogen) atoms. The number of hydrogen-bond donors (Lipinski definition) is 2. The van der Waals surface area contributed by atoms with E-state index in [1.54, 1.807) is 30.3 Å². The van der Waals surface area contributed by atoms with E-state index in [0.717, 1.165) is 10.0 Å². The van der Waals surface area contributed by atoms with E-state index >= 15 is 0 Å². The zero-order valence-electron chi connectivity index (χ0n) is 20.4. The Labute approximate surface area is 238 Å². The number of rotatable bonds is 8. The smallest absolute Gasteiger partial charge is 0.343 e. The molecule has 0 aliphatic carbocycles. The Morgan fingerprint density at radius 3 is 2.33 bits per heavy atom. The average molecular weight is 627 g/mol. The van der Waals surface area contributed by atoms with Crippen LogP contribution in [0.25, 0.3) is 0 Å². The number of hydrazone groups is 1. The Hall–Kier alpha value is -3.99. The van der Waals surface area contributed by atoms with Crippen LogP contribution in [-0.2, 0) is 10.0 Å². The summed E-state index contributed by atoms with van der Waals surface area (Å²) >= 11 is 9.20. The lowest BCUT2D eigenvalue weighted by Gasteiger charge is -2.10. The molecule has 0 heterocycles. The van der Waals surface area contributed by atoms with E-state index in [4.69, 9.17) is 16.3 Å². The highest BCUT2D eigenvalue weighted by molar-refractivity contribution is 9.10. The van der Waals surface area contributed by atoms with Crippen LogP contribution in [0.4, 0.5) is 5.69 Å². The van der Waals surface area contributed by atoms with E-state index in [1.807, 2.05) is 19.1 Å². The highest BCUT2D eigenvalue weighted by Crippen LogP contribution is 2.24. The molecule has 0 saturated carbocycles. The van der Waals surface area contributed by atoms with Crippen LogP contribution in [0.5, 0.6) is 5.75 Å². The summed E-state index contributed by atoms with van der Waals surface area (Å²) in [6.45, 7) is 1.82. The Morgan fingerprint density at radius 1 is 0.949 bits per heavy atom. The van der Waals surface area contributed by atoms with Crippen LogP contribution in [0.3, 0.4) is 0 Å². The zero-order chi connectivity index (χ0) is 28.0. The van der Waals surface area contributed by atoms with E-state index in [1.165, 1.54) is 54.7 Å². The largest absolute Gasteiger partial charge is 0.422 e. The molecule has 0 atom stereocenters. The third kappa shape index (κ3) is 7.32. The molecule has 0 aliphatic rings. The van der Waals surface area contributed by atoms with Gasteiger partial charge in [-0.25, -0.2) is 18.6 Å². The minimum atomic E-state index is -3.82. The van der Waals surface area contributed by atoms with Gasteiger partial charge >= 0.3 is 5.97 Å². The van der Waals surface area contributed by atoms with Gasteiger partial charge in [-0.05, 0) is 85.3 Å². The maximum Gasteiger partial charge on any atom is 0.343 e. The molecule has 4 rings (SSSR count). The third-order valence-electron chi connectivity index (χ3n) is 5.43. The van der Waals surface area contributed by atoms with E-state index in [2.05, 4.69) is 31.2 Å². The van der Waals surface area contributed by atoms with E-state index in [-0.39, 0.29) is 21.9 Å². The van der Waals surface area contributed by atoms with Crippen LogP contribution < -0.4 is 14.9 Å². The van der Waals surface area contributed by atoms with Crippen molar-refractivity contribution in [3.8, 4) is 5.75 Å². The van der Waals surface area contributed by atoms with Gasteiger partial charge in [-0.15, -0.1) is 0 Å². The second-order valence-electron chi connectivity index (χ2n) is 8.22. The van der Waals surface area contributed by atoms with Crippen LogP contribution in [0.15, 0.2) is 105 Å². The fourth-order valence-corrected chi connectivity index (χ4v) is 4.98. The summed E-state index contributed by atoms with van der Waals surface area (Å²) in [5, 5.41) is 4.41. The first-order valence-corrected chi connectivity index (χ1v) is 14.1. The molecule has 0 saturated heterocycles. The molecule has 0 unspecified atom stereocenters. The molecule has 0 spiro atoms. The summed E-state index contributed by atoms with van der Waals surface area (Å²) in [6.07, 6.45) is 1.36. The van der Waals surface area contributed by atoms with Crippen molar-refractivity contribution in [2.45, 2.75) is 11.8 Å². The van der Waals surface area contributed by atoms with Gasteiger partial charge in [-0.1, -0.05) is 45.7 Å². The number of aryl methyl sites for hydroxylation is 1. The summed E-state index contributed by atoms with van der Waals surface area (Å²) in [4.78, 5) is 25.3. The SMILES string of the molecule is Cc1ccccc1C(=O)Oc1ccc(Br)cc1/C=N/NC(=O)c1ccc(NS(=O)(=O)c2ccc(Cl)cc2)cc1. The highest BCUT2D eigenvalue weighted by atomic mass is 79.9. The molecule has 11 heteroatoms. The van der Waals surface area contributed by atoms with Gasteiger partial charge in [0.1, 0.15) is 5.75 Å². The molecule has 0 radical (unpaired) electrons. The van der Waals surface area contributed by atoms with Gasteiger partial charge in [0.15, 0.2) is 0 Å². The number of hydrogen-bond acceptors (Lipinski definition) is 6. The lowest BCUT2D eigenvalue weighted by Crippen LogP contribution is -2.18. The van der Waals surface area contributed by atoms with Crippen LogP contribution >= 0.6 is 27.5 Å².